The third kappa shape index (κ3) is 3.19. The van der Waals surface area contributed by atoms with Gasteiger partial charge in [0.05, 0.1) is 0 Å². The van der Waals surface area contributed by atoms with E-state index < -0.39 is 0 Å². The molecule has 0 saturated heterocycles. The van der Waals surface area contributed by atoms with Gasteiger partial charge in [-0.05, 0) is 0 Å². The fourth-order valence-corrected chi connectivity index (χ4v) is 0. The van der Waals surface area contributed by atoms with E-state index in [1.165, 1.54) is 10.2 Å². The quantitative estimate of drug-likeness (QED) is 0.366. The van der Waals surface area contributed by atoms with Gasteiger partial charge in [0.2, 0.25) is 0 Å². The zero-order chi connectivity index (χ0) is 3.41. The summed E-state index contributed by atoms with van der Waals surface area (Å²) in [7, 11) is 0. The molecular formula is C2H4Li2. The van der Waals surface area contributed by atoms with Gasteiger partial charge >= 0.3 is 45.6 Å². The standard InChI is InChI=1S/C2H4.2Li/c1-2;;/h1-2H2;;. The van der Waals surface area contributed by atoms with Gasteiger partial charge in [-0.25, -0.2) is 0 Å². The Morgan fingerprint density at radius 3 is 1.25 bits per heavy atom. The predicted octanol–water partition coefficient (Wildman–Crippen LogP) is 0.160. The molecule has 0 fully saturated rings. The van der Waals surface area contributed by atoms with Gasteiger partial charge in [0.15, 0.2) is 0 Å². The molecule has 0 rings (SSSR count). The van der Waals surface area contributed by atoms with Crippen molar-refractivity contribution in [3.8, 4) is 0 Å². The minimum atomic E-state index is 1.32. The summed E-state index contributed by atoms with van der Waals surface area (Å²) in [5.41, 5.74) is 0. The molecule has 0 heterocycles. The van der Waals surface area contributed by atoms with Gasteiger partial charge in [-0.2, -0.15) is 0 Å². The normalized spacial score (nSPS) is 8.00. The van der Waals surface area contributed by atoms with Crippen molar-refractivity contribution < 1.29 is 0 Å². The zero-order valence-corrected chi connectivity index (χ0v) is 3.41. The molecule has 0 aliphatic heterocycles. The van der Waals surface area contributed by atoms with Crippen LogP contribution in [0, 0.1) is 0 Å². The molecule has 4 heavy (non-hydrogen) atoms. The van der Waals surface area contributed by atoms with Crippen molar-refractivity contribution in [3.05, 3.63) is 0 Å². The van der Waals surface area contributed by atoms with Crippen LogP contribution < -0.4 is 0 Å². The van der Waals surface area contributed by atoms with Crippen LogP contribution in [0.25, 0.3) is 0 Å². The van der Waals surface area contributed by atoms with Gasteiger partial charge in [-0.15, -0.1) is 0 Å². The van der Waals surface area contributed by atoms with Crippen molar-refractivity contribution in [2.24, 2.45) is 0 Å². The molecule has 0 nitrogen and oxygen atoms in total. The third-order valence-electron chi connectivity index (χ3n) is 0.500. The van der Waals surface area contributed by atoms with E-state index in [0.717, 1.165) is 0 Å². The van der Waals surface area contributed by atoms with Crippen LogP contribution in [-0.2, 0) is 0 Å². The minimum absolute atomic E-state index is 1.32. The van der Waals surface area contributed by atoms with Crippen LogP contribution in [0.15, 0.2) is 0 Å². The second-order valence-electron chi connectivity index (χ2n) is 1.000. The molecule has 0 aliphatic carbocycles. The molecule has 0 aromatic heterocycles. The molecule has 0 spiro atoms. The summed E-state index contributed by atoms with van der Waals surface area (Å²) < 4.78 is 0. The first kappa shape index (κ1) is 5.19. The summed E-state index contributed by atoms with van der Waals surface area (Å²) in [6, 6.07) is 0. The molecule has 0 aromatic rings. The Morgan fingerprint density at radius 2 is 1.25 bits per heavy atom. The maximum absolute atomic E-state index is 2.18. The molecule has 0 atom stereocenters. The molecule has 0 unspecified atom stereocenters. The molecule has 14 valence electrons. The average Bonchev–Trinajstić information content (AvgIpc) is 1.37. The third-order valence-corrected chi connectivity index (χ3v) is 0.500. The van der Waals surface area contributed by atoms with Crippen molar-refractivity contribution in [3.63, 3.8) is 0 Å². The van der Waals surface area contributed by atoms with Crippen LogP contribution >= 0.6 is 0 Å². The summed E-state index contributed by atoms with van der Waals surface area (Å²) in [4.78, 5) is 0. The molecule has 0 bridgehead atoms. The van der Waals surface area contributed by atoms with Crippen LogP contribution in [0.4, 0.5) is 0 Å². The molecule has 0 aliphatic rings. The summed E-state index contributed by atoms with van der Waals surface area (Å²) >= 11 is 4.36. The van der Waals surface area contributed by atoms with E-state index in [-0.39, 0.29) is 0 Å². The molecule has 0 aromatic carbocycles. The Bertz CT molecular complexity index is 6.00. The Balaban J connectivity index is 1.97. The van der Waals surface area contributed by atoms with Crippen LogP contribution in [0.1, 0.15) is 0 Å². The van der Waals surface area contributed by atoms with E-state index in [1.54, 1.807) is 0 Å². The monoisotopic (exact) mass is 42.1 g/mol. The molecule has 0 N–H and O–H groups in total. The first-order chi connectivity index (χ1) is 1.91. The van der Waals surface area contributed by atoms with Crippen LogP contribution in [0.5, 0.6) is 0 Å². The van der Waals surface area contributed by atoms with Crippen LogP contribution in [0.3, 0.4) is 0 Å². The van der Waals surface area contributed by atoms with Gasteiger partial charge in [0, 0.05) is 0 Å². The molecule has 0 radical (unpaired) electrons. The zero-order valence-electron chi connectivity index (χ0n) is 3.41. The van der Waals surface area contributed by atoms with Gasteiger partial charge in [-0.3, -0.25) is 0 Å². The van der Waals surface area contributed by atoms with Gasteiger partial charge in [0.25, 0.3) is 0 Å². The molecular weight excluding hydrogens is 37.9 g/mol. The first-order valence-electron chi connectivity index (χ1n) is 1.91. The van der Waals surface area contributed by atoms with Crippen LogP contribution in [0.2, 0.25) is 10.2 Å². The van der Waals surface area contributed by atoms with E-state index in [9.17, 15) is 0 Å². The van der Waals surface area contributed by atoms with Crippen molar-refractivity contribution in [1.29, 1.82) is 0 Å². The van der Waals surface area contributed by atoms with Crippen molar-refractivity contribution >= 4 is 35.4 Å². The van der Waals surface area contributed by atoms with E-state index in [2.05, 4.69) is 35.4 Å². The van der Waals surface area contributed by atoms with E-state index in [4.69, 9.17) is 0 Å². The fourth-order valence-electron chi connectivity index (χ4n) is 0. The maximum atomic E-state index is 2.18. The van der Waals surface area contributed by atoms with Gasteiger partial charge < -0.3 is 0 Å². The summed E-state index contributed by atoms with van der Waals surface area (Å²) in [5, 5.41) is 2.64. The van der Waals surface area contributed by atoms with Crippen molar-refractivity contribution in [2.75, 3.05) is 0 Å². The van der Waals surface area contributed by atoms with E-state index >= 15 is 0 Å². The summed E-state index contributed by atoms with van der Waals surface area (Å²) in [6.07, 6.45) is 0. The number of hydrogen-bond acceptors (Lipinski definition) is 0. The van der Waals surface area contributed by atoms with Crippen molar-refractivity contribution in [2.45, 2.75) is 10.2 Å². The second-order valence-corrected chi connectivity index (χ2v) is 1.000. The SMILES string of the molecule is [Li][CH2][CH2][Li]. The number of rotatable bonds is 1. The molecule has 0 saturated carbocycles. The second kappa shape index (κ2) is 4.19. The Kier molecular flexibility index (Phi) is 5.45. The Hall–Kier alpha value is 1.19. The number of hydrogen-bond donors (Lipinski definition) is 0. The fraction of sp³-hybridized carbons (Fsp3) is 1.00. The predicted molar refractivity (Wildman–Crippen MR) is 21.1 cm³/mol. The summed E-state index contributed by atoms with van der Waals surface area (Å²) in [5.74, 6) is 0. The van der Waals surface area contributed by atoms with E-state index in [0.29, 0.717) is 0 Å². The topological polar surface area (TPSA) is 0 Å². The first-order valence-corrected chi connectivity index (χ1v) is 1.91. The Labute approximate surface area is 45.7 Å². The average molecular weight is 41.9 g/mol. The molecule has 2 heteroatoms. The Morgan fingerprint density at radius 1 is 1.00 bits per heavy atom. The van der Waals surface area contributed by atoms with E-state index in [1.807, 2.05) is 0 Å². The van der Waals surface area contributed by atoms with Crippen molar-refractivity contribution in [1.82, 2.24) is 0 Å². The van der Waals surface area contributed by atoms with Crippen LogP contribution in [-0.4, -0.2) is 35.4 Å². The molecule has 0 amide bonds. The van der Waals surface area contributed by atoms with Gasteiger partial charge in [-0.1, -0.05) is 0 Å². The van der Waals surface area contributed by atoms with Gasteiger partial charge in [0.1, 0.15) is 0 Å². The summed E-state index contributed by atoms with van der Waals surface area (Å²) in [6.45, 7) is 0.